The molecule has 1 heterocycles. The maximum Gasteiger partial charge on any atom is 0.134 e. The highest BCUT2D eigenvalue weighted by atomic mass is 16.3. The third-order valence-electron chi connectivity index (χ3n) is 2.96. The first-order valence-corrected chi connectivity index (χ1v) is 6.66. The number of rotatable bonds is 7. The van der Waals surface area contributed by atoms with E-state index in [0.29, 0.717) is 6.04 Å². The van der Waals surface area contributed by atoms with Crippen molar-refractivity contribution in [3.63, 3.8) is 0 Å². The highest BCUT2D eigenvalue weighted by Gasteiger charge is 2.03. The molecule has 0 unspecified atom stereocenters. The van der Waals surface area contributed by atoms with E-state index in [1.807, 2.05) is 24.5 Å². The van der Waals surface area contributed by atoms with Gasteiger partial charge in [-0.15, -0.1) is 0 Å². The standard InChI is InChI=1S/C15H22N2O/c1-12(2)17-9-5-8-16-10-13-11-18-15-7-4-3-6-14(13)15/h3-4,6-7,11-12,16-17H,5,8-10H2,1-2H3. The quantitative estimate of drug-likeness (QED) is 0.738. The van der Waals surface area contributed by atoms with Gasteiger partial charge in [0.2, 0.25) is 0 Å². The molecule has 98 valence electrons. The summed E-state index contributed by atoms with van der Waals surface area (Å²) in [5, 5.41) is 8.08. The van der Waals surface area contributed by atoms with Gasteiger partial charge in [-0.05, 0) is 25.6 Å². The van der Waals surface area contributed by atoms with E-state index in [2.05, 4.69) is 30.5 Å². The van der Waals surface area contributed by atoms with Crippen LogP contribution in [-0.4, -0.2) is 19.1 Å². The van der Waals surface area contributed by atoms with Gasteiger partial charge in [0.1, 0.15) is 5.58 Å². The van der Waals surface area contributed by atoms with Gasteiger partial charge >= 0.3 is 0 Å². The first kappa shape index (κ1) is 13.1. The smallest absolute Gasteiger partial charge is 0.134 e. The van der Waals surface area contributed by atoms with Crippen molar-refractivity contribution in [1.82, 2.24) is 10.6 Å². The van der Waals surface area contributed by atoms with Gasteiger partial charge in [-0.1, -0.05) is 32.0 Å². The first-order valence-electron chi connectivity index (χ1n) is 6.66. The summed E-state index contributed by atoms with van der Waals surface area (Å²) >= 11 is 0. The largest absolute Gasteiger partial charge is 0.464 e. The van der Waals surface area contributed by atoms with Crippen LogP contribution in [0.5, 0.6) is 0 Å². The second-order valence-corrected chi connectivity index (χ2v) is 4.90. The lowest BCUT2D eigenvalue weighted by Gasteiger charge is -2.08. The molecule has 0 aliphatic carbocycles. The number of hydrogen-bond donors (Lipinski definition) is 2. The minimum atomic E-state index is 0.572. The van der Waals surface area contributed by atoms with Crippen molar-refractivity contribution in [2.24, 2.45) is 0 Å². The Kier molecular flexibility index (Phi) is 4.79. The highest BCUT2D eigenvalue weighted by molar-refractivity contribution is 5.80. The molecule has 0 aliphatic rings. The van der Waals surface area contributed by atoms with Crippen molar-refractivity contribution in [2.45, 2.75) is 32.9 Å². The zero-order chi connectivity index (χ0) is 12.8. The van der Waals surface area contributed by atoms with Crippen molar-refractivity contribution in [3.8, 4) is 0 Å². The summed E-state index contributed by atoms with van der Waals surface area (Å²) in [4.78, 5) is 0. The summed E-state index contributed by atoms with van der Waals surface area (Å²) in [5.74, 6) is 0. The Balaban J connectivity index is 1.74. The first-order chi connectivity index (χ1) is 8.77. The van der Waals surface area contributed by atoms with Crippen molar-refractivity contribution >= 4 is 11.0 Å². The molecule has 0 saturated heterocycles. The zero-order valence-electron chi connectivity index (χ0n) is 11.2. The lowest BCUT2D eigenvalue weighted by atomic mass is 10.2. The van der Waals surface area contributed by atoms with E-state index in [4.69, 9.17) is 4.42 Å². The molecule has 2 aromatic rings. The van der Waals surface area contributed by atoms with Crippen LogP contribution < -0.4 is 10.6 Å². The van der Waals surface area contributed by atoms with Crippen LogP contribution in [0.25, 0.3) is 11.0 Å². The van der Waals surface area contributed by atoms with Gasteiger partial charge < -0.3 is 15.1 Å². The molecule has 2 N–H and O–H groups in total. The van der Waals surface area contributed by atoms with Gasteiger partial charge in [0.25, 0.3) is 0 Å². The predicted octanol–water partition coefficient (Wildman–Crippen LogP) is 2.91. The fraction of sp³-hybridized carbons (Fsp3) is 0.467. The monoisotopic (exact) mass is 246 g/mol. The summed E-state index contributed by atoms with van der Waals surface area (Å²) in [5.41, 5.74) is 2.21. The Bertz CT molecular complexity index is 476. The fourth-order valence-corrected chi connectivity index (χ4v) is 2.00. The lowest BCUT2D eigenvalue weighted by Crippen LogP contribution is -2.26. The Morgan fingerprint density at radius 2 is 2.00 bits per heavy atom. The average molecular weight is 246 g/mol. The van der Waals surface area contributed by atoms with Gasteiger partial charge in [-0.25, -0.2) is 0 Å². The van der Waals surface area contributed by atoms with E-state index < -0.39 is 0 Å². The van der Waals surface area contributed by atoms with Crippen LogP contribution in [0.3, 0.4) is 0 Å². The number of fused-ring (bicyclic) bond motifs is 1. The normalized spacial score (nSPS) is 11.5. The SMILES string of the molecule is CC(C)NCCCNCc1coc2ccccc12. The van der Waals surface area contributed by atoms with E-state index in [-0.39, 0.29) is 0 Å². The van der Waals surface area contributed by atoms with Gasteiger partial charge in [-0.2, -0.15) is 0 Å². The molecule has 0 amide bonds. The molecule has 0 radical (unpaired) electrons. The van der Waals surface area contributed by atoms with Crippen LogP contribution in [0.2, 0.25) is 0 Å². The molecule has 18 heavy (non-hydrogen) atoms. The average Bonchev–Trinajstić information content (AvgIpc) is 2.77. The van der Waals surface area contributed by atoms with Gasteiger partial charge in [-0.3, -0.25) is 0 Å². The van der Waals surface area contributed by atoms with E-state index in [1.54, 1.807) is 0 Å². The third-order valence-corrected chi connectivity index (χ3v) is 2.96. The van der Waals surface area contributed by atoms with E-state index in [9.17, 15) is 0 Å². The molecular weight excluding hydrogens is 224 g/mol. The number of nitrogens with one attached hydrogen (secondary N) is 2. The maximum absolute atomic E-state index is 5.51. The molecule has 0 fully saturated rings. The Morgan fingerprint density at radius 3 is 2.83 bits per heavy atom. The number of benzene rings is 1. The second kappa shape index (κ2) is 6.57. The van der Waals surface area contributed by atoms with Crippen molar-refractivity contribution < 1.29 is 4.42 Å². The molecule has 0 atom stereocenters. The lowest BCUT2D eigenvalue weighted by molar-refractivity contribution is 0.545. The minimum absolute atomic E-state index is 0.572. The van der Waals surface area contributed by atoms with Crippen molar-refractivity contribution in [3.05, 3.63) is 36.1 Å². The van der Waals surface area contributed by atoms with Gasteiger partial charge in [0.05, 0.1) is 6.26 Å². The Morgan fingerprint density at radius 1 is 1.17 bits per heavy atom. The maximum atomic E-state index is 5.51. The van der Waals surface area contributed by atoms with Gasteiger partial charge in [0.15, 0.2) is 0 Å². The van der Waals surface area contributed by atoms with Crippen LogP contribution in [0.1, 0.15) is 25.8 Å². The van der Waals surface area contributed by atoms with Crippen LogP contribution in [0.4, 0.5) is 0 Å². The third kappa shape index (κ3) is 3.59. The summed E-state index contributed by atoms with van der Waals surface area (Å²) in [6, 6.07) is 8.73. The van der Waals surface area contributed by atoms with Crippen LogP contribution in [0.15, 0.2) is 34.9 Å². The molecule has 2 rings (SSSR count). The van der Waals surface area contributed by atoms with Crippen LogP contribution in [0, 0.1) is 0 Å². The van der Waals surface area contributed by atoms with Crippen molar-refractivity contribution in [1.29, 1.82) is 0 Å². The fourth-order valence-electron chi connectivity index (χ4n) is 2.00. The molecule has 1 aromatic carbocycles. The zero-order valence-corrected chi connectivity index (χ0v) is 11.2. The highest BCUT2D eigenvalue weighted by Crippen LogP contribution is 2.20. The number of para-hydroxylation sites is 1. The predicted molar refractivity (Wildman–Crippen MR) is 75.7 cm³/mol. The molecular formula is C15H22N2O. The van der Waals surface area contributed by atoms with Crippen molar-refractivity contribution in [2.75, 3.05) is 13.1 Å². The molecule has 1 aromatic heterocycles. The van der Waals surface area contributed by atoms with Crippen LogP contribution in [-0.2, 0) is 6.54 Å². The van der Waals surface area contributed by atoms with E-state index in [0.717, 1.165) is 31.6 Å². The second-order valence-electron chi connectivity index (χ2n) is 4.90. The Labute approximate surface area is 109 Å². The summed E-state index contributed by atoms with van der Waals surface area (Å²) < 4.78 is 5.51. The minimum Gasteiger partial charge on any atom is -0.464 e. The topological polar surface area (TPSA) is 37.2 Å². The van der Waals surface area contributed by atoms with Gasteiger partial charge in [0, 0.05) is 23.5 Å². The summed E-state index contributed by atoms with van der Waals surface area (Å²) in [6.45, 7) is 7.31. The molecule has 3 heteroatoms. The Hall–Kier alpha value is -1.32. The molecule has 0 aliphatic heterocycles. The number of hydrogen-bond acceptors (Lipinski definition) is 3. The molecule has 0 spiro atoms. The molecule has 0 saturated carbocycles. The van der Waals surface area contributed by atoms with Crippen LogP contribution >= 0.6 is 0 Å². The number of furan rings is 1. The summed E-state index contributed by atoms with van der Waals surface area (Å²) in [7, 11) is 0. The van der Waals surface area contributed by atoms with E-state index in [1.165, 1.54) is 10.9 Å². The summed E-state index contributed by atoms with van der Waals surface area (Å²) in [6.07, 6.45) is 3.00. The molecule has 0 bridgehead atoms. The molecule has 3 nitrogen and oxygen atoms in total. The van der Waals surface area contributed by atoms with E-state index >= 15 is 0 Å².